The van der Waals surface area contributed by atoms with E-state index in [1.165, 1.54) is 0 Å². The quantitative estimate of drug-likeness (QED) is 0.736. The van der Waals surface area contributed by atoms with Crippen LogP contribution in [0.3, 0.4) is 0 Å². The van der Waals surface area contributed by atoms with Crippen LogP contribution >= 0.6 is 0 Å². The first-order valence-electron chi connectivity index (χ1n) is 5.73. The summed E-state index contributed by atoms with van der Waals surface area (Å²) in [5.41, 5.74) is 2.08. The van der Waals surface area contributed by atoms with Crippen LogP contribution in [-0.2, 0) is 11.2 Å². The van der Waals surface area contributed by atoms with Gasteiger partial charge in [0.1, 0.15) is 6.04 Å². The van der Waals surface area contributed by atoms with Gasteiger partial charge in [-0.1, -0.05) is 25.1 Å². The number of likely N-dealkylation sites (N-methyl/N-ethyl adjacent to an activating group) is 1. The lowest BCUT2D eigenvalue weighted by Gasteiger charge is -2.12. The van der Waals surface area contributed by atoms with E-state index in [2.05, 4.69) is 10.3 Å². The number of carboxylic acids is 1. The lowest BCUT2D eigenvalue weighted by molar-refractivity contribution is -0.139. The van der Waals surface area contributed by atoms with E-state index >= 15 is 0 Å². The minimum atomic E-state index is -0.808. The van der Waals surface area contributed by atoms with Crippen LogP contribution in [0.1, 0.15) is 12.5 Å². The average molecular weight is 232 g/mol. The van der Waals surface area contributed by atoms with Crippen molar-refractivity contribution in [3.63, 3.8) is 0 Å². The fourth-order valence-corrected chi connectivity index (χ4v) is 2.01. The molecule has 1 aromatic heterocycles. The monoisotopic (exact) mass is 232 g/mol. The molecule has 0 aliphatic rings. The molecule has 0 bridgehead atoms. The first-order chi connectivity index (χ1) is 8.22. The third kappa shape index (κ3) is 2.47. The standard InChI is InChI=1S/C13H16N2O2/c1-2-14-12(13(16)17)7-9-8-15-11-6-4-3-5-10(9)11/h3-6,8,12,14-15H,2,7H2,1H3,(H,16,17). The highest BCUT2D eigenvalue weighted by molar-refractivity contribution is 5.84. The first-order valence-corrected chi connectivity index (χ1v) is 5.73. The topological polar surface area (TPSA) is 65.1 Å². The molecule has 0 aliphatic heterocycles. The van der Waals surface area contributed by atoms with Gasteiger partial charge in [-0.15, -0.1) is 0 Å². The van der Waals surface area contributed by atoms with E-state index in [1.807, 2.05) is 37.4 Å². The molecular formula is C13H16N2O2. The van der Waals surface area contributed by atoms with E-state index in [-0.39, 0.29) is 0 Å². The number of carboxylic acid groups (broad SMARTS) is 1. The molecule has 1 unspecified atom stereocenters. The number of fused-ring (bicyclic) bond motifs is 1. The minimum Gasteiger partial charge on any atom is -0.480 e. The third-order valence-electron chi connectivity index (χ3n) is 2.85. The van der Waals surface area contributed by atoms with Gasteiger partial charge in [-0.3, -0.25) is 4.79 Å². The Morgan fingerprint density at radius 3 is 2.94 bits per heavy atom. The molecule has 4 nitrogen and oxygen atoms in total. The molecule has 0 spiro atoms. The van der Waals surface area contributed by atoms with Crippen molar-refractivity contribution >= 4 is 16.9 Å². The van der Waals surface area contributed by atoms with E-state index in [4.69, 9.17) is 5.11 Å². The summed E-state index contributed by atoms with van der Waals surface area (Å²) in [6.07, 6.45) is 2.38. The van der Waals surface area contributed by atoms with Crippen LogP contribution in [0, 0.1) is 0 Å². The number of H-pyrrole nitrogens is 1. The van der Waals surface area contributed by atoms with Crippen molar-refractivity contribution in [2.45, 2.75) is 19.4 Å². The molecular weight excluding hydrogens is 216 g/mol. The molecule has 17 heavy (non-hydrogen) atoms. The van der Waals surface area contributed by atoms with Crippen molar-refractivity contribution in [2.24, 2.45) is 0 Å². The van der Waals surface area contributed by atoms with Crippen LogP contribution in [-0.4, -0.2) is 28.6 Å². The Hall–Kier alpha value is -1.81. The maximum Gasteiger partial charge on any atom is 0.321 e. The zero-order chi connectivity index (χ0) is 12.3. The highest BCUT2D eigenvalue weighted by Crippen LogP contribution is 2.19. The van der Waals surface area contributed by atoms with Crippen LogP contribution in [0.2, 0.25) is 0 Å². The number of benzene rings is 1. The van der Waals surface area contributed by atoms with Gasteiger partial charge in [0.05, 0.1) is 0 Å². The smallest absolute Gasteiger partial charge is 0.321 e. The van der Waals surface area contributed by atoms with Gasteiger partial charge in [-0.25, -0.2) is 0 Å². The molecule has 1 aromatic carbocycles. The van der Waals surface area contributed by atoms with E-state index in [9.17, 15) is 4.79 Å². The summed E-state index contributed by atoms with van der Waals surface area (Å²) < 4.78 is 0. The molecule has 90 valence electrons. The van der Waals surface area contributed by atoms with Gasteiger partial charge in [-0.05, 0) is 18.2 Å². The van der Waals surface area contributed by atoms with E-state index < -0.39 is 12.0 Å². The van der Waals surface area contributed by atoms with Crippen LogP contribution in [0.4, 0.5) is 0 Å². The fourth-order valence-electron chi connectivity index (χ4n) is 2.01. The summed E-state index contributed by atoms with van der Waals surface area (Å²) in [6.45, 7) is 2.56. The minimum absolute atomic E-state index is 0.493. The number of rotatable bonds is 5. The Labute approximate surface area is 99.7 Å². The van der Waals surface area contributed by atoms with Gasteiger partial charge in [0.2, 0.25) is 0 Å². The first kappa shape index (κ1) is 11.7. The Morgan fingerprint density at radius 2 is 2.24 bits per heavy atom. The second kappa shape index (κ2) is 5.01. The maximum atomic E-state index is 11.1. The van der Waals surface area contributed by atoms with E-state index in [0.717, 1.165) is 16.5 Å². The molecule has 2 rings (SSSR count). The van der Waals surface area contributed by atoms with Gasteiger partial charge in [0.15, 0.2) is 0 Å². The predicted molar refractivity (Wildman–Crippen MR) is 67.1 cm³/mol. The molecule has 0 amide bonds. The Kier molecular flexibility index (Phi) is 3.44. The molecule has 0 fully saturated rings. The number of hydrogen-bond acceptors (Lipinski definition) is 2. The third-order valence-corrected chi connectivity index (χ3v) is 2.85. The Morgan fingerprint density at radius 1 is 1.47 bits per heavy atom. The van der Waals surface area contributed by atoms with Gasteiger partial charge in [0, 0.05) is 23.5 Å². The lowest BCUT2D eigenvalue weighted by atomic mass is 10.1. The highest BCUT2D eigenvalue weighted by atomic mass is 16.4. The molecule has 4 heteroatoms. The number of nitrogens with one attached hydrogen (secondary N) is 2. The van der Waals surface area contributed by atoms with Crippen LogP contribution in [0.5, 0.6) is 0 Å². The molecule has 0 saturated carbocycles. The van der Waals surface area contributed by atoms with Gasteiger partial charge in [0.25, 0.3) is 0 Å². The molecule has 0 aliphatic carbocycles. The highest BCUT2D eigenvalue weighted by Gasteiger charge is 2.17. The summed E-state index contributed by atoms with van der Waals surface area (Å²) in [5, 5.41) is 13.2. The Balaban J connectivity index is 2.25. The van der Waals surface area contributed by atoms with Crippen molar-refractivity contribution in [3.05, 3.63) is 36.0 Å². The van der Waals surface area contributed by atoms with Crippen molar-refractivity contribution in [2.75, 3.05) is 6.54 Å². The molecule has 1 atom stereocenters. The summed E-state index contributed by atoms with van der Waals surface area (Å²) >= 11 is 0. The number of aliphatic carboxylic acids is 1. The van der Waals surface area contributed by atoms with Gasteiger partial charge < -0.3 is 15.4 Å². The average Bonchev–Trinajstić information content (AvgIpc) is 2.72. The van der Waals surface area contributed by atoms with Crippen molar-refractivity contribution in [3.8, 4) is 0 Å². The van der Waals surface area contributed by atoms with Crippen LogP contribution < -0.4 is 5.32 Å². The van der Waals surface area contributed by atoms with E-state index in [1.54, 1.807) is 0 Å². The molecule has 1 heterocycles. The number of aromatic amines is 1. The van der Waals surface area contributed by atoms with Crippen LogP contribution in [0.15, 0.2) is 30.5 Å². The number of hydrogen-bond donors (Lipinski definition) is 3. The second-order valence-electron chi connectivity index (χ2n) is 4.01. The largest absolute Gasteiger partial charge is 0.480 e. The lowest BCUT2D eigenvalue weighted by Crippen LogP contribution is -2.38. The summed E-state index contributed by atoms with van der Waals surface area (Å²) in [5.74, 6) is -0.808. The van der Waals surface area contributed by atoms with Crippen LogP contribution in [0.25, 0.3) is 10.9 Å². The summed E-state index contributed by atoms with van der Waals surface area (Å²) in [6, 6.07) is 7.39. The maximum absolute atomic E-state index is 11.1. The zero-order valence-electron chi connectivity index (χ0n) is 9.73. The normalized spacial score (nSPS) is 12.8. The van der Waals surface area contributed by atoms with Crippen molar-refractivity contribution in [1.82, 2.24) is 10.3 Å². The zero-order valence-corrected chi connectivity index (χ0v) is 9.73. The van der Waals surface area contributed by atoms with Gasteiger partial charge in [-0.2, -0.15) is 0 Å². The Bertz CT molecular complexity index is 519. The van der Waals surface area contributed by atoms with Crippen molar-refractivity contribution < 1.29 is 9.90 Å². The van der Waals surface area contributed by atoms with Crippen molar-refractivity contribution in [1.29, 1.82) is 0 Å². The summed E-state index contributed by atoms with van der Waals surface area (Å²) in [4.78, 5) is 14.2. The molecule has 2 aromatic rings. The SMILES string of the molecule is CCNC(Cc1c[nH]c2ccccc12)C(=O)O. The molecule has 0 saturated heterocycles. The number of carbonyl (C=O) groups is 1. The number of para-hydroxylation sites is 1. The second-order valence-corrected chi connectivity index (χ2v) is 4.01. The van der Waals surface area contributed by atoms with Gasteiger partial charge >= 0.3 is 5.97 Å². The molecule has 3 N–H and O–H groups in total. The molecule has 0 radical (unpaired) electrons. The fraction of sp³-hybridized carbons (Fsp3) is 0.308. The number of aromatic nitrogens is 1. The summed E-state index contributed by atoms with van der Waals surface area (Å²) in [7, 11) is 0. The predicted octanol–water partition coefficient (Wildman–Crippen LogP) is 1.77. The van der Waals surface area contributed by atoms with E-state index in [0.29, 0.717) is 13.0 Å².